The molecule has 212 valence electrons. The molecular weight excluding hydrogens is 512 g/mol. The van der Waals surface area contributed by atoms with E-state index >= 15 is 0 Å². The Morgan fingerprint density at radius 2 is 1.55 bits per heavy atom. The Balaban J connectivity index is 1.10. The molecule has 3 fully saturated rings. The van der Waals surface area contributed by atoms with Crippen LogP contribution in [0.15, 0.2) is 42.6 Å². The van der Waals surface area contributed by atoms with Gasteiger partial charge in [0.25, 0.3) is 0 Å². The van der Waals surface area contributed by atoms with Crippen LogP contribution in [0.25, 0.3) is 0 Å². The van der Waals surface area contributed by atoms with Gasteiger partial charge in [-0.05, 0) is 61.6 Å². The number of piperidine rings is 2. The Labute approximate surface area is 232 Å². The van der Waals surface area contributed by atoms with Gasteiger partial charge in [0.05, 0.1) is 5.69 Å². The summed E-state index contributed by atoms with van der Waals surface area (Å²) in [6, 6.07) is 9.58. The number of anilines is 2. The number of nitrogens with two attached hydrogens (primary N) is 1. The number of hydrogen-bond acceptors (Lipinski definition) is 8. The van der Waals surface area contributed by atoms with Gasteiger partial charge in [-0.2, -0.15) is 0 Å². The molecule has 4 amide bonds. The second-order valence-electron chi connectivity index (χ2n) is 10.7. The summed E-state index contributed by atoms with van der Waals surface area (Å²) in [7, 11) is 0. The molecule has 4 heterocycles. The van der Waals surface area contributed by atoms with Gasteiger partial charge in [-0.15, -0.1) is 0 Å². The first-order valence-electron chi connectivity index (χ1n) is 13.8. The molecule has 12 heteroatoms. The van der Waals surface area contributed by atoms with Crippen molar-refractivity contribution in [2.45, 2.75) is 31.7 Å². The van der Waals surface area contributed by atoms with Crippen molar-refractivity contribution in [2.75, 3.05) is 55.6 Å². The number of benzene rings is 1. The van der Waals surface area contributed by atoms with Crippen molar-refractivity contribution in [2.24, 2.45) is 11.7 Å². The molecule has 3 aliphatic heterocycles. The van der Waals surface area contributed by atoms with Gasteiger partial charge < -0.3 is 20.9 Å². The number of piperazine rings is 1. The van der Waals surface area contributed by atoms with Crippen LogP contribution < -0.4 is 31.7 Å². The molecule has 5 rings (SSSR count). The number of rotatable bonds is 6. The molecule has 1 atom stereocenters. The van der Waals surface area contributed by atoms with Gasteiger partial charge in [0.1, 0.15) is 11.5 Å². The fourth-order valence-corrected chi connectivity index (χ4v) is 5.66. The van der Waals surface area contributed by atoms with Crippen LogP contribution in [0, 0.1) is 11.3 Å². The lowest BCUT2D eigenvalue weighted by molar-refractivity contribution is -0.134. The fraction of sp³-hybridized carbons (Fsp3) is 0.464. The molecule has 5 N–H and O–H groups in total. The minimum Gasteiger partial charge on any atom is -0.372 e. The van der Waals surface area contributed by atoms with Gasteiger partial charge in [-0.1, -0.05) is 0 Å². The maximum absolute atomic E-state index is 12.8. The summed E-state index contributed by atoms with van der Waals surface area (Å²) in [6.45, 7) is 6.50. The molecule has 0 radical (unpaired) electrons. The van der Waals surface area contributed by atoms with E-state index in [0.29, 0.717) is 11.5 Å². The highest BCUT2D eigenvalue weighted by Crippen LogP contribution is 2.25. The zero-order valence-corrected chi connectivity index (χ0v) is 22.5. The lowest BCUT2D eigenvalue weighted by Gasteiger charge is -2.40. The number of carbonyl (C=O) groups is 4. The van der Waals surface area contributed by atoms with E-state index in [1.807, 2.05) is 18.2 Å². The highest BCUT2D eigenvalue weighted by molar-refractivity contribution is 6.01. The van der Waals surface area contributed by atoms with E-state index in [-0.39, 0.29) is 24.2 Å². The highest BCUT2D eigenvalue weighted by atomic mass is 16.2. The number of aromatic nitrogens is 1. The highest BCUT2D eigenvalue weighted by Gasteiger charge is 2.29. The van der Waals surface area contributed by atoms with Crippen molar-refractivity contribution in [3.05, 3.63) is 53.6 Å². The van der Waals surface area contributed by atoms with Crippen LogP contribution in [0.1, 0.15) is 36.0 Å². The zero-order chi connectivity index (χ0) is 28.2. The summed E-state index contributed by atoms with van der Waals surface area (Å²) < 4.78 is 1.21. The molecular formula is C28H36N8O4. The number of imide groups is 1. The third kappa shape index (κ3) is 6.33. The summed E-state index contributed by atoms with van der Waals surface area (Å²) in [6.07, 6.45) is 4.29. The lowest BCUT2D eigenvalue weighted by atomic mass is 9.95. The first kappa shape index (κ1) is 27.4. The molecule has 1 aromatic carbocycles. The van der Waals surface area contributed by atoms with Crippen molar-refractivity contribution in [3.8, 4) is 0 Å². The molecule has 2 aromatic rings. The van der Waals surface area contributed by atoms with Crippen molar-refractivity contribution in [1.82, 2.24) is 20.1 Å². The largest absolute Gasteiger partial charge is 0.372 e. The molecule has 0 bridgehead atoms. The van der Waals surface area contributed by atoms with Gasteiger partial charge in [0, 0.05) is 69.7 Å². The zero-order valence-electron chi connectivity index (χ0n) is 22.5. The molecule has 40 heavy (non-hydrogen) atoms. The second-order valence-corrected chi connectivity index (χ2v) is 10.7. The average Bonchev–Trinajstić information content (AvgIpc) is 2.96. The van der Waals surface area contributed by atoms with E-state index in [9.17, 15) is 19.2 Å². The second kappa shape index (κ2) is 11.9. The van der Waals surface area contributed by atoms with E-state index < -0.39 is 23.9 Å². The molecule has 0 spiro atoms. The van der Waals surface area contributed by atoms with Gasteiger partial charge in [0.15, 0.2) is 0 Å². The smallest absolute Gasteiger partial charge is 0.327 e. The van der Waals surface area contributed by atoms with Gasteiger partial charge in [0.2, 0.25) is 17.7 Å². The Morgan fingerprint density at radius 1 is 0.900 bits per heavy atom. The predicted molar refractivity (Wildman–Crippen MR) is 149 cm³/mol. The van der Waals surface area contributed by atoms with E-state index in [4.69, 9.17) is 11.1 Å². The quantitative estimate of drug-likeness (QED) is 0.382. The van der Waals surface area contributed by atoms with Crippen molar-refractivity contribution in [3.63, 3.8) is 0 Å². The summed E-state index contributed by atoms with van der Waals surface area (Å²) >= 11 is 0. The van der Waals surface area contributed by atoms with E-state index in [1.54, 1.807) is 24.4 Å². The molecule has 1 aromatic heterocycles. The minimum absolute atomic E-state index is 0.0161. The van der Waals surface area contributed by atoms with Crippen LogP contribution in [-0.4, -0.2) is 85.1 Å². The molecule has 1 unspecified atom stereocenters. The summed E-state index contributed by atoms with van der Waals surface area (Å²) in [5.41, 5.74) is 7.87. The Morgan fingerprint density at radius 3 is 2.20 bits per heavy atom. The third-order valence-electron chi connectivity index (χ3n) is 8.07. The topological polar surface area (TPSA) is 157 Å². The molecule has 3 aliphatic rings. The number of amides is 4. The van der Waals surface area contributed by atoms with Crippen molar-refractivity contribution in [1.29, 1.82) is 5.41 Å². The fourth-order valence-electron chi connectivity index (χ4n) is 5.66. The normalized spacial score (nSPS) is 20.8. The summed E-state index contributed by atoms with van der Waals surface area (Å²) in [5, 5.41) is 13.1. The maximum atomic E-state index is 12.8. The van der Waals surface area contributed by atoms with Gasteiger partial charge in [-0.3, -0.25) is 34.6 Å². The lowest BCUT2D eigenvalue weighted by Crippen LogP contribution is -2.54. The Hall–Kier alpha value is -4.19. The maximum Gasteiger partial charge on any atom is 0.327 e. The van der Waals surface area contributed by atoms with E-state index in [0.717, 1.165) is 70.0 Å². The predicted octanol–water partition coefficient (Wildman–Crippen LogP) is 0.468. The standard InChI is InChI=1S/C28H36N8O4/c29-24-7-5-22(18-36(24)28(40)31-23-6-8-25(37)32-27(23)39)35-15-13-33(14-16-35)17-19-9-11-34(12-10-19)21-3-1-20(2-4-21)26(30)38/h1-5,7,18-19,23,29H,6,8-17H2,(H2,30,38)(H,31,40)(H,32,37,39). The molecule has 12 nitrogen and oxygen atoms in total. The first-order chi connectivity index (χ1) is 19.3. The van der Waals surface area contributed by atoms with Crippen molar-refractivity contribution >= 4 is 35.1 Å². The number of nitrogens with one attached hydrogen (secondary N) is 3. The number of primary amides is 1. The van der Waals surface area contributed by atoms with E-state index in [2.05, 4.69) is 25.3 Å². The minimum atomic E-state index is -0.793. The van der Waals surface area contributed by atoms with Crippen molar-refractivity contribution < 1.29 is 19.2 Å². The SMILES string of the molecule is N=c1ccc(N2CCN(CC3CCN(c4ccc(C(N)=O)cc4)CC3)CC2)cn1C(=O)NC1CCC(=O)NC1=O. The first-order valence-corrected chi connectivity index (χ1v) is 13.8. The Kier molecular flexibility index (Phi) is 8.15. The van der Waals surface area contributed by atoms with Gasteiger partial charge in [-0.25, -0.2) is 4.79 Å². The third-order valence-corrected chi connectivity index (χ3v) is 8.07. The summed E-state index contributed by atoms with van der Waals surface area (Å²) in [4.78, 5) is 54.6. The molecule has 3 saturated heterocycles. The van der Waals surface area contributed by atoms with Crippen LogP contribution in [0.2, 0.25) is 0 Å². The van der Waals surface area contributed by atoms with E-state index in [1.165, 1.54) is 4.57 Å². The van der Waals surface area contributed by atoms with Crippen LogP contribution in [-0.2, 0) is 9.59 Å². The molecule has 0 saturated carbocycles. The number of carbonyl (C=O) groups excluding carboxylic acids is 4. The summed E-state index contributed by atoms with van der Waals surface area (Å²) in [5.74, 6) is -0.639. The number of pyridine rings is 1. The monoisotopic (exact) mass is 548 g/mol. The van der Waals surface area contributed by atoms with Crippen LogP contribution >= 0.6 is 0 Å². The number of nitrogens with zero attached hydrogens (tertiary/aromatic N) is 4. The number of hydrogen-bond donors (Lipinski definition) is 4. The van der Waals surface area contributed by atoms with Gasteiger partial charge >= 0.3 is 6.03 Å². The van der Waals surface area contributed by atoms with Crippen LogP contribution in [0.3, 0.4) is 0 Å². The Bertz CT molecular complexity index is 1320. The average molecular weight is 549 g/mol. The molecule has 0 aliphatic carbocycles. The van der Waals surface area contributed by atoms with Crippen LogP contribution in [0.4, 0.5) is 16.2 Å². The van der Waals surface area contributed by atoms with Crippen LogP contribution in [0.5, 0.6) is 0 Å².